The van der Waals surface area contributed by atoms with Crippen molar-refractivity contribution in [1.29, 1.82) is 0 Å². The fourth-order valence-corrected chi connectivity index (χ4v) is 3.62. The van der Waals surface area contributed by atoms with E-state index in [-0.39, 0.29) is 45.7 Å². The number of nitrogens with zero attached hydrogens (tertiary/aromatic N) is 1. The molecule has 7 heteroatoms. The van der Waals surface area contributed by atoms with Gasteiger partial charge in [0.25, 0.3) is 0 Å². The van der Waals surface area contributed by atoms with Crippen molar-refractivity contribution >= 4 is 29.0 Å². The number of anilines is 1. The van der Waals surface area contributed by atoms with Crippen LogP contribution in [0.15, 0.2) is 6.07 Å². The van der Waals surface area contributed by atoms with E-state index in [2.05, 4.69) is 0 Å². The standard InChI is InChI=1S/C18H21ClFNO4/c1-9-7-21(8-10(2)25-9)16-13(18(23)24-3)6-12(15(20)14(16)19)17(22)11-4-5-11/h6,9-11H,4-5,7-8H2,1-3H3/t9-,10+. The van der Waals surface area contributed by atoms with Crippen molar-refractivity contribution in [2.75, 3.05) is 25.1 Å². The Morgan fingerprint density at radius 2 is 1.84 bits per heavy atom. The second kappa shape index (κ2) is 6.92. The molecule has 2 atom stereocenters. The molecule has 0 radical (unpaired) electrons. The highest BCUT2D eigenvalue weighted by atomic mass is 35.5. The number of morpholine rings is 1. The number of methoxy groups -OCH3 is 1. The van der Waals surface area contributed by atoms with Gasteiger partial charge in [-0.15, -0.1) is 0 Å². The zero-order chi connectivity index (χ0) is 18.3. The van der Waals surface area contributed by atoms with E-state index in [1.54, 1.807) is 0 Å². The third kappa shape index (κ3) is 3.51. The molecular weight excluding hydrogens is 349 g/mol. The molecule has 3 rings (SSSR count). The van der Waals surface area contributed by atoms with Crippen molar-refractivity contribution in [1.82, 2.24) is 0 Å². The summed E-state index contributed by atoms with van der Waals surface area (Å²) in [6.07, 6.45) is 1.29. The summed E-state index contributed by atoms with van der Waals surface area (Å²) in [5.74, 6) is -1.90. The summed E-state index contributed by atoms with van der Waals surface area (Å²) < 4.78 is 25.4. The molecular formula is C18H21ClFNO4. The molecule has 1 aromatic carbocycles. The molecule has 0 N–H and O–H groups in total. The van der Waals surface area contributed by atoms with E-state index >= 15 is 0 Å². The average Bonchev–Trinajstić information content (AvgIpc) is 3.39. The topological polar surface area (TPSA) is 55.8 Å². The number of carbonyl (C=O) groups is 2. The van der Waals surface area contributed by atoms with Crippen molar-refractivity contribution in [2.45, 2.75) is 38.9 Å². The van der Waals surface area contributed by atoms with Gasteiger partial charge in [-0.05, 0) is 32.8 Å². The Morgan fingerprint density at radius 3 is 2.36 bits per heavy atom. The fourth-order valence-electron chi connectivity index (χ4n) is 3.30. The van der Waals surface area contributed by atoms with Crippen molar-refractivity contribution in [3.05, 3.63) is 28.0 Å². The predicted molar refractivity (Wildman–Crippen MR) is 92.0 cm³/mol. The van der Waals surface area contributed by atoms with Crippen LogP contribution < -0.4 is 4.90 Å². The molecule has 1 heterocycles. The largest absolute Gasteiger partial charge is 0.465 e. The predicted octanol–water partition coefficient (Wildman–Crippen LogP) is 3.47. The third-order valence-corrected chi connectivity index (χ3v) is 4.88. The summed E-state index contributed by atoms with van der Waals surface area (Å²) in [5, 5.41) is -0.215. The van der Waals surface area contributed by atoms with Crippen LogP contribution in [0.2, 0.25) is 5.02 Å². The number of hydrogen-bond donors (Lipinski definition) is 0. The van der Waals surface area contributed by atoms with Crippen molar-refractivity contribution in [3.8, 4) is 0 Å². The Morgan fingerprint density at radius 1 is 1.24 bits per heavy atom. The highest BCUT2D eigenvalue weighted by molar-refractivity contribution is 6.35. The number of benzene rings is 1. The smallest absolute Gasteiger partial charge is 0.340 e. The zero-order valence-electron chi connectivity index (χ0n) is 14.5. The van der Waals surface area contributed by atoms with Crippen LogP contribution in [0.3, 0.4) is 0 Å². The fraction of sp³-hybridized carbons (Fsp3) is 0.556. The first-order valence-corrected chi connectivity index (χ1v) is 8.76. The summed E-state index contributed by atoms with van der Waals surface area (Å²) in [6.45, 7) is 4.72. The molecule has 0 unspecified atom stereocenters. The Balaban J connectivity index is 2.11. The van der Waals surface area contributed by atoms with Gasteiger partial charge in [0.05, 0.1) is 36.1 Å². The molecule has 2 aliphatic rings. The molecule has 0 spiro atoms. The van der Waals surface area contributed by atoms with Crippen LogP contribution in [0, 0.1) is 11.7 Å². The summed E-state index contributed by atoms with van der Waals surface area (Å²) in [5.41, 5.74) is 0.241. The van der Waals surface area contributed by atoms with Crippen LogP contribution in [0.4, 0.5) is 10.1 Å². The molecule has 1 aromatic rings. The maximum Gasteiger partial charge on any atom is 0.340 e. The number of ketones is 1. The van der Waals surface area contributed by atoms with Gasteiger partial charge in [-0.2, -0.15) is 0 Å². The lowest BCUT2D eigenvalue weighted by Gasteiger charge is -2.38. The lowest BCUT2D eigenvalue weighted by Crippen LogP contribution is -2.46. The SMILES string of the molecule is COC(=O)c1cc(C(=O)C2CC2)c(F)c(Cl)c1N1C[C@@H](C)O[C@@H](C)C1. The zero-order valence-corrected chi connectivity index (χ0v) is 15.2. The van der Waals surface area contributed by atoms with Crippen molar-refractivity contribution in [2.24, 2.45) is 5.92 Å². The molecule has 1 saturated carbocycles. The monoisotopic (exact) mass is 369 g/mol. The van der Waals surface area contributed by atoms with Gasteiger partial charge in [0.2, 0.25) is 0 Å². The molecule has 2 fully saturated rings. The molecule has 0 amide bonds. The number of hydrogen-bond acceptors (Lipinski definition) is 5. The quantitative estimate of drug-likeness (QED) is 0.601. The maximum atomic E-state index is 14.8. The van der Waals surface area contributed by atoms with Gasteiger partial charge in [-0.1, -0.05) is 11.6 Å². The second-order valence-electron chi connectivity index (χ2n) is 6.74. The lowest BCUT2D eigenvalue weighted by atomic mass is 10.0. The van der Waals surface area contributed by atoms with Gasteiger partial charge in [0.15, 0.2) is 11.6 Å². The summed E-state index contributed by atoms with van der Waals surface area (Å²) in [4.78, 5) is 26.5. The number of halogens is 2. The Hall–Kier alpha value is -1.66. The Labute approximate surface area is 151 Å². The number of Topliss-reactive ketones (excluding diaryl/α,β-unsaturated/α-hetero) is 1. The van der Waals surface area contributed by atoms with Gasteiger partial charge in [0, 0.05) is 19.0 Å². The number of carbonyl (C=O) groups excluding carboxylic acids is 2. The minimum absolute atomic E-state index is 0.0962. The highest BCUT2D eigenvalue weighted by Gasteiger charge is 2.36. The molecule has 1 aliphatic carbocycles. The van der Waals surface area contributed by atoms with Crippen LogP contribution in [0.5, 0.6) is 0 Å². The molecule has 136 valence electrons. The van der Waals surface area contributed by atoms with Gasteiger partial charge >= 0.3 is 5.97 Å². The number of rotatable bonds is 4. The number of esters is 1. The van der Waals surface area contributed by atoms with E-state index in [1.807, 2.05) is 18.7 Å². The van der Waals surface area contributed by atoms with E-state index in [1.165, 1.54) is 13.2 Å². The van der Waals surface area contributed by atoms with E-state index in [9.17, 15) is 14.0 Å². The van der Waals surface area contributed by atoms with E-state index in [0.29, 0.717) is 13.1 Å². The third-order valence-electron chi connectivity index (χ3n) is 4.54. The number of ether oxygens (including phenoxy) is 2. The molecule has 5 nitrogen and oxygen atoms in total. The van der Waals surface area contributed by atoms with Gasteiger partial charge in [-0.3, -0.25) is 4.79 Å². The van der Waals surface area contributed by atoms with E-state index in [4.69, 9.17) is 21.1 Å². The van der Waals surface area contributed by atoms with Crippen molar-refractivity contribution < 1.29 is 23.5 Å². The van der Waals surface area contributed by atoms with Gasteiger partial charge in [-0.25, -0.2) is 9.18 Å². The normalized spacial score (nSPS) is 23.5. The van der Waals surface area contributed by atoms with Gasteiger partial charge in [0.1, 0.15) is 5.02 Å². The van der Waals surface area contributed by atoms with E-state index < -0.39 is 11.8 Å². The minimum atomic E-state index is -0.770. The van der Waals surface area contributed by atoms with Crippen LogP contribution in [0.25, 0.3) is 0 Å². The first-order chi connectivity index (χ1) is 11.8. The first kappa shape index (κ1) is 18.1. The van der Waals surface area contributed by atoms with Crippen LogP contribution in [-0.4, -0.2) is 44.2 Å². The van der Waals surface area contributed by atoms with Crippen molar-refractivity contribution in [3.63, 3.8) is 0 Å². The lowest BCUT2D eigenvalue weighted by molar-refractivity contribution is -0.00534. The van der Waals surface area contributed by atoms with Crippen LogP contribution >= 0.6 is 11.6 Å². The molecule has 25 heavy (non-hydrogen) atoms. The summed E-state index contributed by atoms with van der Waals surface area (Å²) in [7, 11) is 1.25. The Bertz CT molecular complexity index is 710. The first-order valence-electron chi connectivity index (χ1n) is 8.38. The average molecular weight is 370 g/mol. The minimum Gasteiger partial charge on any atom is -0.465 e. The molecule has 0 bridgehead atoms. The molecule has 0 aromatic heterocycles. The highest BCUT2D eigenvalue weighted by Crippen LogP contribution is 2.40. The summed E-state index contributed by atoms with van der Waals surface area (Å²) in [6, 6.07) is 1.29. The van der Waals surface area contributed by atoms with Gasteiger partial charge < -0.3 is 14.4 Å². The van der Waals surface area contributed by atoms with Crippen LogP contribution in [0.1, 0.15) is 47.4 Å². The summed E-state index contributed by atoms with van der Waals surface area (Å²) >= 11 is 6.29. The maximum absolute atomic E-state index is 14.8. The Kier molecular flexibility index (Phi) is 5.02. The molecule has 1 saturated heterocycles. The van der Waals surface area contributed by atoms with E-state index in [0.717, 1.165) is 12.8 Å². The van der Waals surface area contributed by atoms with Crippen LogP contribution in [-0.2, 0) is 9.47 Å². The molecule has 1 aliphatic heterocycles. The second-order valence-corrected chi connectivity index (χ2v) is 7.12.